The number of hydrogen-bond donors (Lipinski definition) is 0. The molecule has 0 aliphatic carbocycles. The molecule has 0 spiro atoms. The predicted octanol–water partition coefficient (Wildman–Crippen LogP) is 0.369. The van der Waals surface area contributed by atoms with E-state index in [-0.39, 0.29) is 6.42 Å². The van der Waals surface area contributed by atoms with Gasteiger partial charge in [0.2, 0.25) is 5.78 Å². The SMILES string of the molecule is [CH2+]CC(=O)C(C)=O. The number of carbonyl (C=O) groups excluding carboxylic acids is 2. The maximum Gasteiger partial charge on any atom is 0.242 e. The zero-order chi connectivity index (χ0) is 5.86. The molecule has 0 bridgehead atoms. The fourth-order valence-corrected chi connectivity index (χ4v) is 0.176. The van der Waals surface area contributed by atoms with Gasteiger partial charge in [0.05, 0.1) is 6.92 Å². The van der Waals surface area contributed by atoms with Crippen LogP contribution in [0.25, 0.3) is 0 Å². The largest absolute Gasteiger partial charge is 0.291 e. The fraction of sp³-hybridized carbons (Fsp3) is 0.400. The first-order valence-corrected chi connectivity index (χ1v) is 2.01. The van der Waals surface area contributed by atoms with Crippen LogP contribution in [-0.2, 0) is 9.59 Å². The van der Waals surface area contributed by atoms with Crippen LogP contribution >= 0.6 is 0 Å². The van der Waals surface area contributed by atoms with Crippen molar-refractivity contribution in [3.05, 3.63) is 6.92 Å². The standard InChI is InChI=1S/C5H7O2/c1-3-5(7)4(2)6/h1,3H2,2H3/q+1. The average molecular weight is 99.1 g/mol. The average Bonchev–Trinajstić information content (AvgIpc) is 1.65. The first-order valence-electron chi connectivity index (χ1n) is 2.01. The van der Waals surface area contributed by atoms with Gasteiger partial charge in [-0.05, 0) is 0 Å². The molecule has 0 aromatic heterocycles. The van der Waals surface area contributed by atoms with Gasteiger partial charge in [-0.15, -0.1) is 0 Å². The summed E-state index contributed by atoms with van der Waals surface area (Å²) in [4.78, 5) is 20.1. The zero-order valence-electron chi connectivity index (χ0n) is 4.23. The summed E-state index contributed by atoms with van der Waals surface area (Å²) in [7, 11) is 0. The molecule has 0 fully saturated rings. The molecule has 0 saturated heterocycles. The maximum atomic E-state index is 10.1. The Hall–Kier alpha value is -0.790. The van der Waals surface area contributed by atoms with Gasteiger partial charge in [0.1, 0.15) is 0 Å². The van der Waals surface area contributed by atoms with Crippen LogP contribution < -0.4 is 0 Å². The maximum absolute atomic E-state index is 10.1. The van der Waals surface area contributed by atoms with Crippen molar-refractivity contribution in [3.63, 3.8) is 0 Å². The summed E-state index contributed by atoms with van der Waals surface area (Å²) in [5, 5.41) is 0. The highest BCUT2D eigenvalue weighted by molar-refractivity contribution is 6.36. The highest BCUT2D eigenvalue weighted by atomic mass is 16.2. The molecule has 7 heavy (non-hydrogen) atoms. The molecule has 0 rings (SSSR count). The van der Waals surface area contributed by atoms with Crippen molar-refractivity contribution in [2.75, 3.05) is 0 Å². The molecule has 2 nitrogen and oxygen atoms in total. The molecule has 0 unspecified atom stereocenters. The first kappa shape index (κ1) is 6.21. The van der Waals surface area contributed by atoms with Crippen LogP contribution in [0.3, 0.4) is 0 Å². The van der Waals surface area contributed by atoms with Crippen LogP contribution in [0, 0.1) is 6.92 Å². The van der Waals surface area contributed by atoms with Crippen LogP contribution in [0.4, 0.5) is 0 Å². The summed E-state index contributed by atoms with van der Waals surface area (Å²) in [5.41, 5.74) is 0. The molecule has 0 heterocycles. The van der Waals surface area contributed by atoms with Gasteiger partial charge < -0.3 is 0 Å². The highest BCUT2D eigenvalue weighted by Crippen LogP contribution is 1.78. The van der Waals surface area contributed by atoms with E-state index < -0.39 is 11.6 Å². The van der Waals surface area contributed by atoms with E-state index in [1.807, 2.05) is 0 Å². The second-order valence-corrected chi connectivity index (χ2v) is 1.23. The second-order valence-electron chi connectivity index (χ2n) is 1.23. The summed E-state index contributed by atoms with van der Waals surface area (Å²) >= 11 is 0. The Morgan fingerprint density at radius 1 is 1.57 bits per heavy atom. The van der Waals surface area contributed by atoms with Crippen molar-refractivity contribution >= 4 is 11.6 Å². The monoisotopic (exact) mass is 99.0 g/mol. The van der Waals surface area contributed by atoms with Gasteiger partial charge in [-0.3, -0.25) is 9.59 Å². The summed E-state index contributed by atoms with van der Waals surface area (Å²) in [6.07, 6.45) is 0.0787. The zero-order valence-corrected chi connectivity index (χ0v) is 4.23. The van der Waals surface area contributed by atoms with E-state index in [9.17, 15) is 9.59 Å². The van der Waals surface area contributed by atoms with E-state index in [2.05, 4.69) is 6.92 Å². The predicted molar refractivity (Wildman–Crippen MR) is 25.7 cm³/mol. The lowest BCUT2D eigenvalue weighted by Gasteiger charge is -1.77. The molecule has 0 aliphatic heterocycles. The minimum Gasteiger partial charge on any atom is -0.291 e. The number of ketones is 2. The Balaban J connectivity index is 3.58. The van der Waals surface area contributed by atoms with Crippen molar-refractivity contribution in [2.45, 2.75) is 13.3 Å². The van der Waals surface area contributed by atoms with Gasteiger partial charge in [0, 0.05) is 6.92 Å². The molecule has 0 N–H and O–H groups in total. The van der Waals surface area contributed by atoms with Crippen molar-refractivity contribution < 1.29 is 9.59 Å². The topological polar surface area (TPSA) is 34.1 Å². The Labute approximate surface area is 42.5 Å². The van der Waals surface area contributed by atoms with E-state index in [1.165, 1.54) is 6.92 Å². The molecular formula is C5H7O2+. The lowest BCUT2D eigenvalue weighted by molar-refractivity contribution is -0.134. The molecule has 0 aromatic carbocycles. The Morgan fingerprint density at radius 3 is 2.00 bits per heavy atom. The smallest absolute Gasteiger partial charge is 0.242 e. The molecule has 2 heteroatoms. The second kappa shape index (κ2) is 2.39. The summed E-state index contributed by atoms with van der Waals surface area (Å²) < 4.78 is 0. The number of rotatable bonds is 2. The molecule has 0 radical (unpaired) electrons. The van der Waals surface area contributed by atoms with Gasteiger partial charge in [-0.1, -0.05) is 0 Å². The van der Waals surface area contributed by atoms with Crippen LogP contribution in [0.15, 0.2) is 0 Å². The van der Waals surface area contributed by atoms with Crippen molar-refractivity contribution in [3.8, 4) is 0 Å². The van der Waals surface area contributed by atoms with Gasteiger partial charge in [-0.25, -0.2) is 0 Å². The van der Waals surface area contributed by atoms with E-state index in [0.29, 0.717) is 0 Å². The van der Waals surface area contributed by atoms with E-state index in [0.717, 1.165) is 0 Å². The lowest BCUT2D eigenvalue weighted by Crippen LogP contribution is -2.06. The number of carbonyl (C=O) groups is 2. The Bertz CT molecular complexity index is 94.3. The summed E-state index contributed by atoms with van der Waals surface area (Å²) in [6, 6.07) is 0. The third-order valence-corrected chi connectivity index (χ3v) is 0.620. The van der Waals surface area contributed by atoms with Crippen LogP contribution in [0.2, 0.25) is 0 Å². The normalized spacial score (nSPS) is 8.14. The summed E-state index contributed by atoms with van der Waals surface area (Å²) in [5.74, 6) is -0.810. The van der Waals surface area contributed by atoms with Crippen LogP contribution in [-0.4, -0.2) is 11.6 Å². The van der Waals surface area contributed by atoms with Gasteiger partial charge in [0.15, 0.2) is 12.2 Å². The Morgan fingerprint density at radius 2 is 2.00 bits per heavy atom. The highest BCUT2D eigenvalue weighted by Gasteiger charge is 2.05. The molecule has 0 atom stereocenters. The Kier molecular flexibility index (Phi) is 2.12. The molecule has 38 valence electrons. The first-order chi connectivity index (χ1) is 3.18. The molecule has 0 saturated carbocycles. The number of Topliss-reactive ketones (excluding diaryl/α,β-unsaturated/α-hetero) is 2. The molecular weight excluding hydrogens is 92.1 g/mol. The third kappa shape index (κ3) is 1.98. The van der Waals surface area contributed by atoms with Crippen LogP contribution in [0.1, 0.15) is 13.3 Å². The van der Waals surface area contributed by atoms with Gasteiger partial charge in [0.25, 0.3) is 0 Å². The van der Waals surface area contributed by atoms with E-state index >= 15 is 0 Å². The lowest BCUT2D eigenvalue weighted by atomic mass is 10.2. The van der Waals surface area contributed by atoms with Gasteiger partial charge in [-0.2, -0.15) is 0 Å². The van der Waals surface area contributed by atoms with Crippen molar-refractivity contribution in [1.82, 2.24) is 0 Å². The van der Waals surface area contributed by atoms with E-state index in [1.54, 1.807) is 0 Å². The summed E-state index contributed by atoms with van der Waals surface area (Å²) in [6.45, 7) is 4.48. The van der Waals surface area contributed by atoms with Crippen LogP contribution in [0.5, 0.6) is 0 Å². The fourth-order valence-electron chi connectivity index (χ4n) is 0.176. The minimum atomic E-state index is -0.407. The van der Waals surface area contributed by atoms with Crippen molar-refractivity contribution in [2.24, 2.45) is 0 Å². The minimum absolute atomic E-state index is 0.0787. The molecule has 0 aliphatic rings. The van der Waals surface area contributed by atoms with E-state index in [4.69, 9.17) is 0 Å². The molecule has 0 amide bonds. The van der Waals surface area contributed by atoms with Crippen molar-refractivity contribution in [1.29, 1.82) is 0 Å². The molecule has 0 aromatic rings. The number of hydrogen-bond acceptors (Lipinski definition) is 2. The quantitative estimate of drug-likeness (QED) is 0.370. The van der Waals surface area contributed by atoms with Gasteiger partial charge >= 0.3 is 0 Å². The third-order valence-electron chi connectivity index (χ3n) is 0.620.